The SMILES string of the molecule is CC(C)n1ncc2ccc(NC(=O)C3CC(O)CN3)cc21.Cl. The van der Waals surface area contributed by atoms with E-state index in [0.29, 0.717) is 13.0 Å². The van der Waals surface area contributed by atoms with E-state index in [0.717, 1.165) is 16.6 Å². The summed E-state index contributed by atoms with van der Waals surface area (Å²) in [5.41, 5.74) is 1.75. The van der Waals surface area contributed by atoms with Crippen LogP contribution in [0.15, 0.2) is 24.4 Å². The lowest BCUT2D eigenvalue weighted by Gasteiger charge is -2.12. The third-order valence-corrected chi connectivity index (χ3v) is 3.78. The van der Waals surface area contributed by atoms with Gasteiger partial charge in [-0.1, -0.05) is 0 Å². The molecule has 1 fully saturated rings. The number of rotatable bonds is 3. The van der Waals surface area contributed by atoms with E-state index in [1.54, 1.807) is 0 Å². The molecule has 0 radical (unpaired) electrons. The molecule has 2 heterocycles. The van der Waals surface area contributed by atoms with Crippen LogP contribution in [-0.2, 0) is 4.79 Å². The van der Waals surface area contributed by atoms with Gasteiger partial charge in [0.05, 0.1) is 23.9 Å². The Bertz CT molecular complexity index is 671. The predicted octanol–water partition coefficient (Wildman–Crippen LogP) is 1.70. The third-order valence-electron chi connectivity index (χ3n) is 3.78. The van der Waals surface area contributed by atoms with Gasteiger partial charge in [-0.05, 0) is 38.5 Å². The summed E-state index contributed by atoms with van der Waals surface area (Å²) in [6.07, 6.45) is 1.85. The molecule has 1 saturated heterocycles. The Labute approximate surface area is 135 Å². The molecule has 2 unspecified atom stereocenters. The van der Waals surface area contributed by atoms with Crippen molar-refractivity contribution in [3.8, 4) is 0 Å². The summed E-state index contributed by atoms with van der Waals surface area (Å²) in [6.45, 7) is 4.61. The molecule has 2 atom stereocenters. The van der Waals surface area contributed by atoms with Crippen LogP contribution in [0.3, 0.4) is 0 Å². The second-order valence-corrected chi connectivity index (χ2v) is 5.80. The van der Waals surface area contributed by atoms with Crippen molar-refractivity contribution in [2.24, 2.45) is 0 Å². The number of halogens is 1. The first-order valence-corrected chi connectivity index (χ1v) is 7.24. The van der Waals surface area contributed by atoms with Crippen molar-refractivity contribution in [1.29, 1.82) is 0 Å². The van der Waals surface area contributed by atoms with Gasteiger partial charge in [0.2, 0.25) is 5.91 Å². The highest BCUT2D eigenvalue weighted by atomic mass is 35.5. The number of amides is 1. The van der Waals surface area contributed by atoms with Crippen LogP contribution in [0, 0.1) is 0 Å². The molecular weight excluding hydrogens is 304 g/mol. The minimum atomic E-state index is -0.439. The van der Waals surface area contributed by atoms with E-state index < -0.39 is 6.10 Å². The van der Waals surface area contributed by atoms with Gasteiger partial charge < -0.3 is 15.7 Å². The molecule has 3 rings (SSSR count). The van der Waals surface area contributed by atoms with Crippen LogP contribution in [0.2, 0.25) is 0 Å². The standard InChI is InChI=1S/C15H20N4O2.ClH/c1-9(2)19-14-5-11(4-3-10(14)7-17-19)18-15(21)13-6-12(20)8-16-13;/h3-5,7,9,12-13,16,20H,6,8H2,1-2H3,(H,18,21);1H. The number of anilines is 1. The maximum Gasteiger partial charge on any atom is 0.241 e. The zero-order chi connectivity index (χ0) is 15.0. The Hall–Kier alpha value is -1.63. The van der Waals surface area contributed by atoms with Gasteiger partial charge in [-0.2, -0.15) is 5.10 Å². The summed E-state index contributed by atoms with van der Waals surface area (Å²) in [5, 5.41) is 20.8. The van der Waals surface area contributed by atoms with Crippen molar-refractivity contribution in [3.63, 3.8) is 0 Å². The van der Waals surface area contributed by atoms with Gasteiger partial charge in [-0.25, -0.2) is 0 Å². The number of carbonyl (C=O) groups excluding carboxylic acids is 1. The number of nitrogens with one attached hydrogen (secondary N) is 2. The summed E-state index contributed by atoms with van der Waals surface area (Å²) in [7, 11) is 0. The quantitative estimate of drug-likeness (QED) is 0.803. The molecular formula is C15H21ClN4O2. The molecule has 1 amide bonds. The van der Waals surface area contributed by atoms with Crippen LogP contribution >= 0.6 is 12.4 Å². The number of fused-ring (bicyclic) bond motifs is 1. The molecule has 120 valence electrons. The second-order valence-electron chi connectivity index (χ2n) is 5.80. The maximum absolute atomic E-state index is 12.1. The lowest BCUT2D eigenvalue weighted by Crippen LogP contribution is -2.35. The van der Waals surface area contributed by atoms with Gasteiger partial charge in [0, 0.05) is 23.7 Å². The number of aromatic nitrogens is 2. The zero-order valence-corrected chi connectivity index (χ0v) is 13.4. The van der Waals surface area contributed by atoms with Gasteiger partial charge in [-0.3, -0.25) is 9.48 Å². The number of aliphatic hydroxyl groups is 1. The molecule has 7 heteroatoms. The molecule has 1 aliphatic heterocycles. The summed E-state index contributed by atoms with van der Waals surface area (Å²) >= 11 is 0. The van der Waals surface area contributed by atoms with Gasteiger partial charge in [0.1, 0.15) is 0 Å². The van der Waals surface area contributed by atoms with E-state index in [1.807, 2.05) is 29.1 Å². The van der Waals surface area contributed by atoms with Crippen LogP contribution in [0.25, 0.3) is 10.9 Å². The summed E-state index contributed by atoms with van der Waals surface area (Å²) in [5.74, 6) is -0.110. The van der Waals surface area contributed by atoms with Crippen molar-refractivity contribution in [2.45, 2.75) is 38.5 Å². The summed E-state index contributed by atoms with van der Waals surface area (Å²) in [4.78, 5) is 12.1. The van der Waals surface area contributed by atoms with E-state index in [4.69, 9.17) is 0 Å². The van der Waals surface area contributed by atoms with Crippen molar-refractivity contribution >= 4 is 34.9 Å². The zero-order valence-electron chi connectivity index (χ0n) is 12.6. The smallest absolute Gasteiger partial charge is 0.241 e. The molecule has 2 aromatic rings. The monoisotopic (exact) mass is 324 g/mol. The Morgan fingerprint density at radius 1 is 1.50 bits per heavy atom. The summed E-state index contributed by atoms with van der Waals surface area (Å²) in [6, 6.07) is 5.70. The minimum Gasteiger partial charge on any atom is -0.392 e. The molecule has 1 aromatic carbocycles. The lowest BCUT2D eigenvalue weighted by molar-refractivity contribution is -0.117. The first-order valence-electron chi connectivity index (χ1n) is 7.24. The predicted molar refractivity (Wildman–Crippen MR) is 88.4 cm³/mol. The number of hydrogen-bond donors (Lipinski definition) is 3. The number of hydrogen-bond acceptors (Lipinski definition) is 4. The molecule has 0 aliphatic carbocycles. The largest absolute Gasteiger partial charge is 0.392 e. The van der Waals surface area contributed by atoms with E-state index in [1.165, 1.54) is 0 Å². The van der Waals surface area contributed by atoms with Crippen molar-refractivity contribution in [3.05, 3.63) is 24.4 Å². The van der Waals surface area contributed by atoms with Crippen molar-refractivity contribution < 1.29 is 9.90 Å². The lowest BCUT2D eigenvalue weighted by atomic mass is 10.2. The molecule has 0 saturated carbocycles. The van der Waals surface area contributed by atoms with Crippen molar-refractivity contribution in [1.82, 2.24) is 15.1 Å². The van der Waals surface area contributed by atoms with E-state index in [-0.39, 0.29) is 30.4 Å². The average molecular weight is 325 g/mol. The van der Waals surface area contributed by atoms with Gasteiger partial charge in [0.15, 0.2) is 0 Å². The fourth-order valence-corrected chi connectivity index (χ4v) is 2.67. The fourth-order valence-electron chi connectivity index (χ4n) is 2.67. The normalized spacial score (nSPS) is 21.1. The Morgan fingerprint density at radius 3 is 2.91 bits per heavy atom. The highest BCUT2D eigenvalue weighted by Crippen LogP contribution is 2.22. The maximum atomic E-state index is 12.1. The molecule has 22 heavy (non-hydrogen) atoms. The second kappa shape index (κ2) is 6.64. The highest BCUT2D eigenvalue weighted by molar-refractivity contribution is 5.97. The van der Waals surface area contributed by atoms with E-state index >= 15 is 0 Å². The fraction of sp³-hybridized carbons (Fsp3) is 0.467. The first kappa shape index (κ1) is 16.7. The highest BCUT2D eigenvalue weighted by Gasteiger charge is 2.28. The molecule has 0 bridgehead atoms. The molecule has 1 aromatic heterocycles. The Balaban J connectivity index is 0.00000176. The number of benzene rings is 1. The van der Waals surface area contributed by atoms with Gasteiger partial charge >= 0.3 is 0 Å². The number of carbonyl (C=O) groups is 1. The Kier molecular flexibility index (Phi) is 5.05. The number of nitrogens with zero attached hydrogens (tertiary/aromatic N) is 2. The third kappa shape index (κ3) is 3.24. The first-order chi connectivity index (χ1) is 10.0. The summed E-state index contributed by atoms with van der Waals surface area (Å²) < 4.78 is 1.93. The average Bonchev–Trinajstić information content (AvgIpc) is 3.04. The van der Waals surface area contributed by atoms with E-state index in [2.05, 4.69) is 29.6 Å². The number of β-amino-alcohol motifs (C(OH)–C–C–N with tert-alkyl or cyclic N) is 1. The molecule has 3 N–H and O–H groups in total. The van der Waals surface area contributed by atoms with Crippen LogP contribution in [0.1, 0.15) is 26.3 Å². The van der Waals surface area contributed by atoms with Crippen LogP contribution in [0.5, 0.6) is 0 Å². The van der Waals surface area contributed by atoms with Crippen LogP contribution in [0.4, 0.5) is 5.69 Å². The molecule has 1 aliphatic rings. The Morgan fingerprint density at radius 2 is 2.27 bits per heavy atom. The minimum absolute atomic E-state index is 0. The van der Waals surface area contributed by atoms with Crippen LogP contribution < -0.4 is 10.6 Å². The topological polar surface area (TPSA) is 79.2 Å². The van der Waals surface area contributed by atoms with E-state index in [9.17, 15) is 9.90 Å². The van der Waals surface area contributed by atoms with Crippen LogP contribution in [-0.4, -0.2) is 39.5 Å². The van der Waals surface area contributed by atoms with Crippen molar-refractivity contribution in [2.75, 3.05) is 11.9 Å². The molecule has 6 nitrogen and oxygen atoms in total. The molecule has 0 spiro atoms. The number of aliphatic hydroxyl groups excluding tert-OH is 1. The van der Waals surface area contributed by atoms with Gasteiger partial charge in [0.25, 0.3) is 0 Å². The van der Waals surface area contributed by atoms with Gasteiger partial charge in [-0.15, -0.1) is 12.4 Å².